The van der Waals surface area contributed by atoms with Crippen molar-refractivity contribution in [2.24, 2.45) is 0 Å². The molecule has 0 saturated carbocycles. The number of ether oxygens (including phenoxy) is 1. The quantitative estimate of drug-likeness (QED) is 0.768. The van der Waals surface area contributed by atoms with Gasteiger partial charge in [0.25, 0.3) is 0 Å². The van der Waals surface area contributed by atoms with E-state index in [-0.39, 0.29) is 6.09 Å². The number of rotatable bonds is 3. The molecule has 0 bridgehead atoms. The molecule has 89 valence electrons. The van der Waals surface area contributed by atoms with Crippen LogP contribution in [0.5, 0.6) is 0 Å². The smallest absolute Gasteiger partial charge is 0.410 e. The number of hydrogen-bond donors (Lipinski definition) is 0. The van der Waals surface area contributed by atoms with Gasteiger partial charge in [-0.25, -0.2) is 4.79 Å². The summed E-state index contributed by atoms with van der Waals surface area (Å²) in [6.07, 6.45) is 3.88. The standard InChI is InChI=1S/C10H17N4O2/c1-10(2,3)16-9(15)13(4)5-6-14-7-11-12-8-14/h7H,5-6H2,1-4H3. The minimum atomic E-state index is -0.464. The van der Waals surface area contributed by atoms with Gasteiger partial charge in [-0.05, 0) is 20.8 Å². The molecule has 6 nitrogen and oxygen atoms in total. The third kappa shape index (κ3) is 4.29. The Morgan fingerprint density at radius 2 is 2.25 bits per heavy atom. The van der Waals surface area contributed by atoms with Crippen molar-refractivity contribution in [2.75, 3.05) is 13.6 Å². The summed E-state index contributed by atoms with van der Waals surface area (Å²) in [5, 5.41) is 7.18. The molecule has 6 heteroatoms. The molecule has 1 heterocycles. The van der Waals surface area contributed by atoms with Gasteiger partial charge < -0.3 is 14.2 Å². The second kappa shape index (κ2) is 4.96. The van der Waals surface area contributed by atoms with Crippen LogP contribution in [0.2, 0.25) is 0 Å². The summed E-state index contributed by atoms with van der Waals surface area (Å²) >= 11 is 0. The van der Waals surface area contributed by atoms with E-state index in [1.807, 2.05) is 20.8 Å². The van der Waals surface area contributed by atoms with E-state index in [4.69, 9.17) is 4.74 Å². The number of carbonyl (C=O) groups excluding carboxylic acids is 1. The first kappa shape index (κ1) is 12.5. The Kier molecular flexibility index (Phi) is 3.87. The van der Waals surface area contributed by atoms with Crippen molar-refractivity contribution >= 4 is 6.09 Å². The Morgan fingerprint density at radius 1 is 1.56 bits per heavy atom. The largest absolute Gasteiger partial charge is 0.444 e. The maximum absolute atomic E-state index is 11.6. The summed E-state index contributed by atoms with van der Waals surface area (Å²) in [6.45, 7) is 6.65. The van der Waals surface area contributed by atoms with E-state index in [9.17, 15) is 4.79 Å². The van der Waals surface area contributed by atoms with Gasteiger partial charge in [-0.2, -0.15) is 0 Å². The zero-order chi connectivity index (χ0) is 12.2. The van der Waals surface area contributed by atoms with E-state index in [1.54, 1.807) is 17.9 Å². The molecule has 0 spiro atoms. The van der Waals surface area contributed by atoms with E-state index in [0.29, 0.717) is 13.1 Å². The Morgan fingerprint density at radius 3 is 2.75 bits per heavy atom. The number of aromatic nitrogens is 3. The lowest BCUT2D eigenvalue weighted by Crippen LogP contribution is -2.35. The van der Waals surface area contributed by atoms with E-state index >= 15 is 0 Å². The lowest BCUT2D eigenvalue weighted by molar-refractivity contribution is 0.0293. The van der Waals surface area contributed by atoms with Gasteiger partial charge >= 0.3 is 6.09 Å². The molecular formula is C10H17N4O2. The normalized spacial score (nSPS) is 11.2. The summed E-state index contributed by atoms with van der Waals surface area (Å²) in [6, 6.07) is 0. The Hall–Kier alpha value is -1.59. The van der Waals surface area contributed by atoms with Crippen molar-refractivity contribution < 1.29 is 9.53 Å². The molecule has 0 atom stereocenters. The zero-order valence-electron chi connectivity index (χ0n) is 10.1. The SMILES string of the molecule is CN(CCn1[c]nnc1)C(=O)OC(C)(C)C. The number of nitrogens with zero attached hydrogens (tertiary/aromatic N) is 4. The summed E-state index contributed by atoms with van der Waals surface area (Å²) < 4.78 is 6.89. The molecule has 0 unspecified atom stereocenters. The van der Waals surface area contributed by atoms with Crippen LogP contribution in [-0.2, 0) is 11.3 Å². The fourth-order valence-electron chi connectivity index (χ4n) is 0.994. The fraction of sp³-hybridized carbons (Fsp3) is 0.700. The molecule has 0 fully saturated rings. The van der Waals surface area contributed by atoms with Gasteiger partial charge in [-0.15, -0.1) is 10.2 Å². The maximum atomic E-state index is 11.6. The van der Waals surface area contributed by atoms with Crippen LogP contribution < -0.4 is 0 Å². The number of carbonyl (C=O) groups is 1. The predicted octanol–water partition coefficient (Wildman–Crippen LogP) is 0.945. The lowest BCUT2D eigenvalue weighted by atomic mass is 10.2. The van der Waals surface area contributed by atoms with Gasteiger partial charge in [0.2, 0.25) is 6.33 Å². The van der Waals surface area contributed by atoms with E-state index in [1.165, 1.54) is 4.90 Å². The first-order valence-electron chi connectivity index (χ1n) is 5.08. The van der Waals surface area contributed by atoms with Gasteiger partial charge in [-0.3, -0.25) is 0 Å². The van der Waals surface area contributed by atoms with Crippen LogP contribution in [-0.4, -0.2) is 45.0 Å². The summed E-state index contributed by atoms with van der Waals surface area (Å²) in [5.74, 6) is 0. The lowest BCUT2D eigenvalue weighted by Gasteiger charge is -2.24. The van der Waals surface area contributed by atoms with Crippen molar-refractivity contribution in [3.8, 4) is 0 Å². The Labute approximate surface area is 95.2 Å². The van der Waals surface area contributed by atoms with E-state index < -0.39 is 5.60 Å². The van der Waals surface area contributed by atoms with Crippen molar-refractivity contribution in [2.45, 2.75) is 32.9 Å². The van der Waals surface area contributed by atoms with Gasteiger partial charge in [0, 0.05) is 20.1 Å². The van der Waals surface area contributed by atoms with Crippen LogP contribution in [0.3, 0.4) is 0 Å². The number of likely N-dealkylation sites (N-methyl/N-ethyl adjacent to an activating group) is 1. The van der Waals surface area contributed by atoms with Crippen molar-refractivity contribution in [3.63, 3.8) is 0 Å². The highest BCUT2D eigenvalue weighted by Crippen LogP contribution is 2.08. The first-order valence-corrected chi connectivity index (χ1v) is 5.08. The van der Waals surface area contributed by atoms with E-state index in [0.717, 1.165) is 0 Å². The molecule has 1 rings (SSSR count). The number of hydrogen-bond acceptors (Lipinski definition) is 4. The molecule has 0 aromatic carbocycles. The predicted molar refractivity (Wildman–Crippen MR) is 57.7 cm³/mol. The van der Waals surface area contributed by atoms with Gasteiger partial charge in [-0.1, -0.05) is 0 Å². The third-order valence-electron chi connectivity index (χ3n) is 1.80. The van der Waals surface area contributed by atoms with Crippen LogP contribution in [0.1, 0.15) is 20.8 Å². The average molecular weight is 225 g/mol. The topological polar surface area (TPSA) is 60.2 Å². The molecule has 16 heavy (non-hydrogen) atoms. The molecule has 0 aliphatic rings. The van der Waals surface area contributed by atoms with Crippen LogP contribution in [0.15, 0.2) is 6.33 Å². The fourth-order valence-corrected chi connectivity index (χ4v) is 0.994. The molecule has 1 aromatic rings. The van der Waals surface area contributed by atoms with Crippen LogP contribution >= 0.6 is 0 Å². The molecular weight excluding hydrogens is 208 g/mol. The summed E-state index contributed by atoms with van der Waals surface area (Å²) in [5.41, 5.74) is -0.464. The second-order valence-electron chi connectivity index (χ2n) is 4.53. The van der Waals surface area contributed by atoms with Crippen molar-refractivity contribution in [1.82, 2.24) is 19.7 Å². The Balaban J connectivity index is 2.35. The third-order valence-corrected chi connectivity index (χ3v) is 1.80. The Bertz CT molecular complexity index is 329. The van der Waals surface area contributed by atoms with Gasteiger partial charge in [0.1, 0.15) is 11.9 Å². The van der Waals surface area contributed by atoms with Gasteiger partial charge in [0.05, 0.1) is 0 Å². The number of amides is 1. The van der Waals surface area contributed by atoms with Crippen molar-refractivity contribution in [3.05, 3.63) is 12.7 Å². The summed E-state index contributed by atoms with van der Waals surface area (Å²) in [7, 11) is 1.69. The molecule has 0 N–H and O–H groups in total. The minimum absolute atomic E-state index is 0.333. The molecule has 1 radical (unpaired) electrons. The molecule has 1 aromatic heterocycles. The van der Waals surface area contributed by atoms with E-state index in [2.05, 4.69) is 16.5 Å². The van der Waals surface area contributed by atoms with Gasteiger partial charge in [0.15, 0.2) is 0 Å². The van der Waals surface area contributed by atoms with Crippen LogP contribution in [0, 0.1) is 6.33 Å². The molecule has 0 aliphatic carbocycles. The molecule has 0 saturated heterocycles. The molecule has 1 amide bonds. The molecule has 0 aliphatic heterocycles. The highest BCUT2D eigenvalue weighted by Gasteiger charge is 2.19. The maximum Gasteiger partial charge on any atom is 0.410 e. The minimum Gasteiger partial charge on any atom is -0.444 e. The van der Waals surface area contributed by atoms with Crippen molar-refractivity contribution in [1.29, 1.82) is 0 Å². The monoisotopic (exact) mass is 225 g/mol. The first-order chi connectivity index (χ1) is 7.38. The van der Waals surface area contributed by atoms with Crippen LogP contribution in [0.25, 0.3) is 0 Å². The highest BCUT2D eigenvalue weighted by molar-refractivity contribution is 5.67. The average Bonchev–Trinajstić information content (AvgIpc) is 2.63. The highest BCUT2D eigenvalue weighted by atomic mass is 16.6. The second-order valence-corrected chi connectivity index (χ2v) is 4.53. The zero-order valence-corrected chi connectivity index (χ0v) is 10.1. The van der Waals surface area contributed by atoms with Crippen LogP contribution in [0.4, 0.5) is 4.79 Å². The summed E-state index contributed by atoms with van der Waals surface area (Å²) in [4.78, 5) is 13.1.